The van der Waals surface area contributed by atoms with E-state index in [-0.39, 0.29) is 31.8 Å². The van der Waals surface area contributed by atoms with Crippen molar-refractivity contribution in [2.45, 2.75) is 50.4 Å². The first kappa shape index (κ1) is 17.8. The largest absolute Gasteiger partial charge is 0.390 e. The van der Waals surface area contributed by atoms with E-state index in [1.807, 2.05) is 0 Å². The smallest absolute Gasteiger partial charge is 0.330 e. The van der Waals surface area contributed by atoms with Gasteiger partial charge >= 0.3 is 5.69 Å². The van der Waals surface area contributed by atoms with Crippen LogP contribution in [0.1, 0.15) is 24.6 Å². The molecule has 2 fully saturated rings. The molecule has 3 rings (SSSR count). The minimum Gasteiger partial charge on any atom is -0.390 e. The van der Waals surface area contributed by atoms with Gasteiger partial charge in [-0.1, -0.05) is 0 Å². The molecule has 0 saturated carbocycles. The van der Waals surface area contributed by atoms with Crippen LogP contribution in [0.2, 0.25) is 0 Å². The second kappa shape index (κ2) is 7.06. The highest BCUT2D eigenvalue weighted by Gasteiger charge is 2.36. The summed E-state index contributed by atoms with van der Waals surface area (Å²) in [5.74, 6) is -0.351. The van der Waals surface area contributed by atoms with Crippen molar-refractivity contribution in [2.75, 3.05) is 13.1 Å². The first-order valence-corrected chi connectivity index (χ1v) is 8.16. The quantitative estimate of drug-likeness (QED) is 0.510. The van der Waals surface area contributed by atoms with Gasteiger partial charge in [-0.25, -0.2) is 9.18 Å². The second-order valence-electron chi connectivity index (χ2n) is 6.45. The van der Waals surface area contributed by atoms with Crippen molar-refractivity contribution < 1.29 is 19.0 Å². The molecule has 2 saturated heterocycles. The molecule has 1 aromatic heterocycles. The molecule has 10 heteroatoms. The molecule has 4 N–H and O–H groups in total. The summed E-state index contributed by atoms with van der Waals surface area (Å²) >= 11 is 0. The number of halogens is 1. The Kier molecular flexibility index (Phi) is 5.02. The number of carbonyl (C=O) groups is 1. The fourth-order valence-electron chi connectivity index (χ4n) is 3.09. The van der Waals surface area contributed by atoms with Gasteiger partial charge in [0.1, 0.15) is 18.5 Å². The zero-order valence-electron chi connectivity index (χ0n) is 13.7. The van der Waals surface area contributed by atoms with Gasteiger partial charge in [0, 0.05) is 37.7 Å². The molecule has 9 nitrogen and oxygen atoms in total. The number of aliphatic hydroxyl groups is 1. The Morgan fingerprint density at radius 1 is 1.48 bits per heavy atom. The van der Waals surface area contributed by atoms with Crippen molar-refractivity contribution in [1.29, 1.82) is 0 Å². The fraction of sp³-hybridized carbons (Fsp3) is 0.667. The zero-order chi connectivity index (χ0) is 18.1. The lowest BCUT2D eigenvalue weighted by molar-refractivity contribution is -0.124. The van der Waals surface area contributed by atoms with Gasteiger partial charge in [-0.3, -0.25) is 19.1 Å². The van der Waals surface area contributed by atoms with E-state index < -0.39 is 41.9 Å². The summed E-state index contributed by atoms with van der Waals surface area (Å²) in [7, 11) is 0. The average Bonchev–Trinajstić information content (AvgIpc) is 3.14. The Bertz CT molecular complexity index is 763. The highest BCUT2D eigenvalue weighted by Crippen LogP contribution is 2.27. The number of nitrogens with zero attached hydrogens (tertiary/aromatic N) is 1. The standard InChI is InChI=1S/C15H21FN4O5/c1-7-6-20(15(24)19-13(7)22)12-3-10(21)11(25-12)5-18-14(23)9-2-8(16)4-17-9/h6,8-12,17,21H,2-5H2,1H3,(H,18,23)(H,19,22,24)/t8-,9-,10-,11+,12+/m0/s1. The van der Waals surface area contributed by atoms with Crippen LogP contribution in [0.4, 0.5) is 4.39 Å². The third kappa shape index (κ3) is 3.80. The van der Waals surface area contributed by atoms with E-state index in [9.17, 15) is 23.9 Å². The predicted octanol–water partition coefficient (Wildman–Crippen LogP) is -1.69. The van der Waals surface area contributed by atoms with Crippen LogP contribution in [0.15, 0.2) is 15.8 Å². The van der Waals surface area contributed by atoms with E-state index in [4.69, 9.17) is 4.74 Å². The molecule has 2 aliphatic heterocycles. The van der Waals surface area contributed by atoms with Crippen LogP contribution >= 0.6 is 0 Å². The number of aromatic nitrogens is 2. The predicted molar refractivity (Wildman–Crippen MR) is 84.9 cm³/mol. The Labute approximate surface area is 142 Å². The molecule has 1 aromatic rings. The Morgan fingerprint density at radius 2 is 2.24 bits per heavy atom. The Morgan fingerprint density at radius 3 is 2.92 bits per heavy atom. The number of aromatic amines is 1. The highest BCUT2D eigenvalue weighted by atomic mass is 19.1. The number of hydrogen-bond acceptors (Lipinski definition) is 6. The SMILES string of the molecule is Cc1cn([C@H]2C[C@H](O)[C@@H](CNC(=O)[C@@H]3C[C@H](F)CN3)O2)c(=O)[nH]c1=O. The zero-order valence-corrected chi connectivity index (χ0v) is 13.7. The van der Waals surface area contributed by atoms with Crippen LogP contribution in [-0.2, 0) is 9.53 Å². The third-order valence-electron chi connectivity index (χ3n) is 4.53. The van der Waals surface area contributed by atoms with E-state index >= 15 is 0 Å². The van der Waals surface area contributed by atoms with Gasteiger partial charge in [0.25, 0.3) is 5.56 Å². The van der Waals surface area contributed by atoms with E-state index in [1.54, 1.807) is 6.92 Å². The number of ether oxygens (including phenoxy) is 1. The number of carbonyl (C=O) groups excluding carboxylic acids is 1. The van der Waals surface area contributed by atoms with Gasteiger partial charge in [0.15, 0.2) is 0 Å². The van der Waals surface area contributed by atoms with Crippen LogP contribution < -0.4 is 21.9 Å². The molecule has 2 aliphatic rings. The monoisotopic (exact) mass is 356 g/mol. The number of rotatable bonds is 4. The summed E-state index contributed by atoms with van der Waals surface area (Å²) in [6, 6.07) is -0.589. The minimum atomic E-state index is -1.04. The molecule has 138 valence electrons. The number of alkyl halides is 1. The van der Waals surface area contributed by atoms with E-state index in [1.165, 1.54) is 10.8 Å². The lowest BCUT2D eigenvalue weighted by Gasteiger charge is -2.18. The number of nitrogens with one attached hydrogen (secondary N) is 3. The Balaban J connectivity index is 1.60. The second-order valence-corrected chi connectivity index (χ2v) is 6.45. The summed E-state index contributed by atoms with van der Waals surface area (Å²) in [5.41, 5.74) is -0.747. The minimum absolute atomic E-state index is 0.0444. The van der Waals surface area contributed by atoms with Crippen molar-refractivity contribution in [3.8, 4) is 0 Å². The maximum absolute atomic E-state index is 13.1. The summed E-state index contributed by atoms with van der Waals surface area (Å²) in [5, 5.41) is 15.5. The van der Waals surface area contributed by atoms with Crippen molar-refractivity contribution in [3.63, 3.8) is 0 Å². The van der Waals surface area contributed by atoms with Gasteiger partial charge in [0.05, 0.1) is 12.1 Å². The van der Waals surface area contributed by atoms with E-state index in [0.29, 0.717) is 5.56 Å². The summed E-state index contributed by atoms with van der Waals surface area (Å²) < 4.78 is 20.0. The molecule has 0 bridgehead atoms. The third-order valence-corrected chi connectivity index (χ3v) is 4.53. The van der Waals surface area contributed by atoms with Gasteiger partial charge in [-0.05, 0) is 6.92 Å². The molecule has 0 spiro atoms. The Hall–Kier alpha value is -2.04. The number of aliphatic hydroxyl groups excluding tert-OH is 1. The van der Waals surface area contributed by atoms with Gasteiger partial charge in [-0.15, -0.1) is 0 Å². The molecule has 1 amide bonds. The van der Waals surface area contributed by atoms with Crippen LogP contribution in [0.3, 0.4) is 0 Å². The van der Waals surface area contributed by atoms with Gasteiger partial charge in [-0.2, -0.15) is 0 Å². The molecule has 5 atom stereocenters. The summed E-state index contributed by atoms with van der Waals surface area (Å²) in [4.78, 5) is 37.5. The lowest BCUT2D eigenvalue weighted by Crippen LogP contribution is -2.45. The molecule has 0 unspecified atom stereocenters. The highest BCUT2D eigenvalue weighted by molar-refractivity contribution is 5.82. The molecular formula is C15H21FN4O5. The maximum Gasteiger partial charge on any atom is 0.330 e. The van der Waals surface area contributed by atoms with Crippen molar-refractivity contribution in [2.24, 2.45) is 0 Å². The van der Waals surface area contributed by atoms with E-state index in [2.05, 4.69) is 15.6 Å². The number of hydrogen-bond donors (Lipinski definition) is 4. The van der Waals surface area contributed by atoms with Crippen LogP contribution in [0.5, 0.6) is 0 Å². The summed E-state index contributed by atoms with van der Waals surface area (Å²) in [6.07, 6.45) is -1.70. The first-order chi connectivity index (χ1) is 11.8. The normalized spacial score (nSPS) is 32.0. The molecular weight excluding hydrogens is 335 g/mol. The molecule has 0 aromatic carbocycles. The number of amides is 1. The van der Waals surface area contributed by atoms with Crippen LogP contribution in [0.25, 0.3) is 0 Å². The number of H-pyrrole nitrogens is 1. The van der Waals surface area contributed by atoms with E-state index in [0.717, 1.165) is 0 Å². The van der Waals surface area contributed by atoms with Gasteiger partial charge < -0.3 is 20.5 Å². The summed E-state index contributed by atoms with van der Waals surface area (Å²) in [6.45, 7) is 1.75. The molecule has 0 aliphatic carbocycles. The first-order valence-electron chi connectivity index (χ1n) is 8.16. The van der Waals surface area contributed by atoms with Crippen LogP contribution in [0, 0.1) is 6.92 Å². The van der Waals surface area contributed by atoms with Crippen LogP contribution in [-0.4, -0.2) is 58.1 Å². The number of aryl methyl sites for hydroxylation is 1. The molecule has 0 radical (unpaired) electrons. The lowest BCUT2D eigenvalue weighted by atomic mass is 10.1. The van der Waals surface area contributed by atoms with Crippen molar-refractivity contribution in [3.05, 3.63) is 32.6 Å². The fourth-order valence-corrected chi connectivity index (χ4v) is 3.09. The molecule has 3 heterocycles. The van der Waals surface area contributed by atoms with Gasteiger partial charge in [0.2, 0.25) is 5.91 Å². The maximum atomic E-state index is 13.1. The average molecular weight is 356 g/mol. The topological polar surface area (TPSA) is 125 Å². The molecule has 25 heavy (non-hydrogen) atoms. The van der Waals surface area contributed by atoms with Crippen molar-refractivity contribution >= 4 is 5.91 Å². The van der Waals surface area contributed by atoms with Crippen molar-refractivity contribution in [1.82, 2.24) is 20.2 Å².